The molecule has 0 unspecified atom stereocenters. The monoisotopic (exact) mass is 377 g/mol. The number of carboxylic acid groups (broad SMARTS) is 2. The fourth-order valence-electron chi connectivity index (χ4n) is 1.95. The Hall–Kier alpha value is -2.03. The largest absolute Gasteiger partial charge is 0.481 e. The number of hydrazine groups is 1. The molecule has 132 valence electrons. The van der Waals surface area contributed by atoms with Crippen LogP contribution in [0.3, 0.4) is 0 Å². The van der Waals surface area contributed by atoms with Crippen LogP contribution in [0.5, 0.6) is 0 Å². The van der Waals surface area contributed by atoms with Crippen molar-refractivity contribution in [1.29, 1.82) is 0 Å². The number of urea groups is 1. The third kappa shape index (κ3) is 6.23. The van der Waals surface area contributed by atoms with Gasteiger partial charge in [-0.1, -0.05) is 23.2 Å². The molecule has 0 aromatic heterocycles. The number of halogens is 2. The lowest BCUT2D eigenvalue weighted by Crippen LogP contribution is -2.51. The molecular weight excluding hydrogens is 361 g/mol. The van der Waals surface area contributed by atoms with Crippen LogP contribution in [0, 0.1) is 6.92 Å². The minimum atomic E-state index is -1.53. The SMILES string of the molecule is Cc1cc(Cl)cc(Cl)c1CN(C)NC(=O)N[C@@H](CC(=O)O)C(=O)O. The normalized spacial score (nSPS) is 11.9. The van der Waals surface area contributed by atoms with E-state index in [1.165, 1.54) is 5.01 Å². The van der Waals surface area contributed by atoms with Gasteiger partial charge in [-0.2, -0.15) is 0 Å². The third-order valence-corrected chi connectivity index (χ3v) is 3.61. The van der Waals surface area contributed by atoms with Crippen molar-refractivity contribution >= 4 is 41.2 Å². The molecule has 0 bridgehead atoms. The maximum absolute atomic E-state index is 11.8. The van der Waals surface area contributed by atoms with Gasteiger partial charge in [-0.05, 0) is 30.2 Å². The van der Waals surface area contributed by atoms with Crippen molar-refractivity contribution in [1.82, 2.24) is 15.8 Å². The van der Waals surface area contributed by atoms with Gasteiger partial charge in [0.2, 0.25) is 0 Å². The summed E-state index contributed by atoms with van der Waals surface area (Å²) in [5.74, 6) is -2.77. The molecule has 4 N–H and O–H groups in total. The van der Waals surface area contributed by atoms with Crippen molar-refractivity contribution in [2.24, 2.45) is 0 Å². The van der Waals surface area contributed by atoms with E-state index >= 15 is 0 Å². The quantitative estimate of drug-likeness (QED) is 0.538. The lowest BCUT2D eigenvalue weighted by molar-refractivity contribution is -0.145. The highest BCUT2D eigenvalue weighted by molar-refractivity contribution is 6.35. The molecule has 0 aliphatic heterocycles. The number of nitrogens with zero attached hydrogens (tertiary/aromatic N) is 1. The van der Waals surface area contributed by atoms with E-state index in [0.717, 1.165) is 11.1 Å². The maximum atomic E-state index is 11.8. The minimum Gasteiger partial charge on any atom is -0.481 e. The molecule has 0 fully saturated rings. The van der Waals surface area contributed by atoms with Gasteiger partial charge in [0.15, 0.2) is 0 Å². The van der Waals surface area contributed by atoms with Gasteiger partial charge in [-0.25, -0.2) is 14.6 Å². The molecule has 0 aliphatic carbocycles. The zero-order valence-electron chi connectivity index (χ0n) is 13.0. The van der Waals surface area contributed by atoms with E-state index in [0.29, 0.717) is 10.0 Å². The lowest BCUT2D eigenvalue weighted by atomic mass is 10.1. The van der Waals surface area contributed by atoms with E-state index in [1.54, 1.807) is 19.2 Å². The van der Waals surface area contributed by atoms with Gasteiger partial charge in [0.25, 0.3) is 0 Å². The Balaban J connectivity index is 2.67. The highest BCUT2D eigenvalue weighted by atomic mass is 35.5. The van der Waals surface area contributed by atoms with Crippen LogP contribution < -0.4 is 10.7 Å². The highest BCUT2D eigenvalue weighted by Crippen LogP contribution is 2.25. The number of aliphatic carboxylic acids is 2. The first-order chi connectivity index (χ1) is 11.1. The molecule has 1 aromatic rings. The van der Waals surface area contributed by atoms with Gasteiger partial charge in [0, 0.05) is 23.6 Å². The Morgan fingerprint density at radius 1 is 1.25 bits per heavy atom. The van der Waals surface area contributed by atoms with Crippen LogP contribution in [-0.4, -0.2) is 46.3 Å². The van der Waals surface area contributed by atoms with E-state index < -0.39 is 30.4 Å². The van der Waals surface area contributed by atoms with Crippen molar-refractivity contribution in [2.75, 3.05) is 7.05 Å². The zero-order valence-corrected chi connectivity index (χ0v) is 14.5. The van der Waals surface area contributed by atoms with Crippen LogP contribution >= 0.6 is 23.2 Å². The summed E-state index contributed by atoms with van der Waals surface area (Å²) in [5.41, 5.74) is 3.96. The Bertz CT molecular complexity index is 630. The van der Waals surface area contributed by atoms with E-state index in [-0.39, 0.29) is 6.54 Å². The van der Waals surface area contributed by atoms with Crippen molar-refractivity contribution in [3.63, 3.8) is 0 Å². The fraction of sp³-hybridized carbons (Fsp3) is 0.357. The van der Waals surface area contributed by atoms with Crippen LogP contribution in [0.15, 0.2) is 12.1 Å². The van der Waals surface area contributed by atoms with Crippen molar-refractivity contribution in [2.45, 2.75) is 25.9 Å². The van der Waals surface area contributed by atoms with Gasteiger partial charge < -0.3 is 15.5 Å². The van der Waals surface area contributed by atoms with Gasteiger partial charge >= 0.3 is 18.0 Å². The van der Waals surface area contributed by atoms with Crippen LogP contribution in [0.25, 0.3) is 0 Å². The van der Waals surface area contributed by atoms with Crippen LogP contribution in [-0.2, 0) is 16.1 Å². The summed E-state index contributed by atoms with van der Waals surface area (Å²) in [6.07, 6.45) is -0.728. The molecule has 2 amide bonds. The first kappa shape index (κ1) is 20.0. The van der Waals surface area contributed by atoms with Gasteiger partial charge in [-0.3, -0.25) is 10.2 Å². The van der Waals surface area contributed by atoms with Crippen LogP contribution in [0.1, 0.15) is 17.5 Å². The molecule has 1 aromatic carbocycles. The predicted molar refractivity (Wildman–Crippen MR) is 88.0 cm³/mol. The number of amides is 2. The van der Waals surface area contributed by atoms with E-state index in [1.807, 2.05) is 6.92 Å². The molecule has 24 heavy (non-hydrogen) atoms. The number of nitrogens with one attached hydrogen (secondary N) is 2. The van der Waals surface area contributed by atoms with Gasteiger partial charge in [0.05, 0.1) is 6.42 Å². The van der Waals surface area contributed by atoms with Crippen LogP contribution in [0.4, 0.5) is 4.79 Å². The fourth-order valence-corrected chi connectivity index (χ4v) is 2.60. The summed E-state index contributed by atoms with van der Waals surface area (Å²) in [6.45, 7) is 2.06. The van der Waals surface area contributed by atoms with Crippen LogP contribution in [0.2, 0.25) is 10.0 Å². The average molecular weight is 378 g/mol. The Labute approximate surface area is 148 Å². The zero-order chi connectivity index (χ0) is 18.4. The molecular formula is C14H17Cl2N3O5. The Morgan fingerprint density at radius 2 is 1.88 bits per heavy atom. The number of benzene rings is 1. The predicted octanol–water partition coefficient (Wildman–Crippen LogP) is 1.88. The van der Waals surface area contributed by atoms with Gasteiger partial charge in [0.1, 0.15) is 6.04 Å². The summed E-state index contributed by atoms with van der Waals surface area (Å²) in [6, 6.07) is 0.932. The number of hydrogen-bond donors (Lipinski definition) is 4. The second-order valence-corrected chi connectivity index (χ2v) is 5.96. The maximum Gasteiger partial charge on any atom is 0.330 e. The molecule has 8 nitrogen and oxygen atoms in total. The van der Waals surface area contributed by atoms with E-state index in [2.05, 4.69) is 10.7 Å². The van der Waals surface area contributed by atoms with E-state index in [4.69, 9.17) is 33.4 Å². The standard InChI is InChI=1S/C14H17Cl2N3O5/c1-7-3-8(15)4-10(16)9(7)6-19(2)18-14(24)17-11(13(22)23)5-12(20)21/h3-4,11H,5-6H2,1-2H3,(H,20,21)(H,22,23)(H2,17,18,24)/t11-/m0/s1. The molecule has 1 rings (SSSR count). The first-order valence-electron chi connectivity index (χ1n) is 6.77. The summed E-state index contributed by atoms with van der Waals surface area (Å²) >= 11 is 12.0. The van der Waals surface area contributed by atoms with E-state index in [9.17, 15) is 14.4 Å². The second kappa shape index (κ2) is 8.72. The van der Waals surface area contributed by atoms with Crippen molar-refractivity contribution in [3.05, 3.63) is 33.3 Å². The van der Waals surface area contributed by atoms with Crippen molar-refractivity contribution in [3.8, 4) is 0 Å². The molecule has 10 heteroatoms. The number of rotatable bonds is 7. The van der Waals surface area contributed by atoms with Crippen molar-refractivity contribution < 1.29 is 24.6 Å². The molecule has 0 saturated heterocycles. The molecule has 0 heterocycles. The second-order valence-electron chi connectivity index (χ2n) is 5.11. The molecule has 0 radical (unpaired) electrons. The number of aryl methyl sites for hydroxylation is 1. The Kier molecular flexibility index (Phi) is 7.27. The average Bonchev–Trinajstić information content (AvgIpc) is 2.41. The number of carbonyl (C=O) groups is 3. The number of carbonyl (C=O) groups excluding carboxylic acids is 1. The summed E-state index contributed by atoms with van der Waals surface area (Å²) in [4.78, 5) is 33.3. The topological polar surface area (TPSA) is 119 Å². The number of hydrogen-bond acceptors (Lipinski definition) is 4. The lowest BCUT2D eigenvalue weighted by Gasteiger charge is -2.21. The number of carboxylic acids is 2. The minimum absolute atomic E-state index is 0.242. The molecule has 0 spiro atoms. The molecule has 1 atom stereocenters. The first-order valence-corrected chi connectivity index (χ1v) is 7.53. The summed E-state index contributed by atoms with van der Waals surface area (Å²) in [5, 5.41) is 21.9. The van der Waals surface area contributed by atoms with Gasteiger partial charge in [-0.15, -0.1) is 0 Å². The molecule has 0 aliphatic rings. The third-order valence-electron chi connectivity index (χ3n) is 3.05. The molecule has 0 saturated carbocycles. The highest BCUT2D eigenvalue weighted by Gasteiger charge is 2.23. The smallest absolute Gasteiger partial charge is 0.330 e. The summed E-state index contributed by atoms with van der Waals surface area (Å²) in [7, 11) is 1.55. The summed E-state index contributed by atoms with van der Waals surface area (Å²) < 4.78 is 0. The Morgan fingerprint density at radius 3 is 2.38 bits per heavy atom.